The normalized spacial score (nSPS) is 14.6. The van der Waals surface area contributed by atoms with E-state index in [1.54, 1.807) is 35.5 Å². The van der Waals surface area contributed by atoms with Crippen molar-refractivity contribution in [3.8, 4) is 11.4 Å². The van der Waals surface area contributed by atoms with Crippen molar-refractivity contribution >= 4 is 28.3 Å². The molecule has 4 aromatic rings. The molecule has 0 atom stereocenters. The molecule has 4 aromatic heterocycles. The van der Waals surface area contributed by atoms with Gasteiger partial charge in [-0.15, -0.1) is 5.10 Å². The molecule has 10 nitrogen and oxygen atoms in total. The number of pyridine rings is 3. The number of aromatic nitrogens is 6. The fourth-order valence-corrected chi connectivity index (χ4v) is 3.64. The van der Waals surface area contributed by atoms with Gasteiger partial charge in [-0.25, -0.2) is 9.97 Å². The molecule has 0 spiro atoms. The fraction of sp³-hybridized carbons (Fsp3) is 0.273. The van der Waals surface area contributed by atoms with Crippen LogP contribution in [-0.2, 0) is 7.05 Å². The summed E-state index contributed by atoms with van der Waals surface area (Å²) in [5.74, 6) is 1.10. The minimum Gasteiger partial charge on any atom is -0.354 e. The fourth-order valence-electron chi connectivity index (χ4n) is 3.64. The lowest BCUT2D eigenvalue weighted by atomic mass is 10.1. The lowest BCUT2D eigenvalue weighted by molar-refractivity contribution is 0.102. The number of likely N-dealkylation sites (N-methyl/N-ethyl adjacent to an activating group) is 1. The van der Waals surface area contributed by atoms with E-state index < -0.39 is 0 Å². The number of piperazine rings is 1. The molecule has 5 rings (SSSR count). The topological polar surface area (TPSA) is 105 Å². The summed E-state index contributed by atoms with van der Waals surface area (Å²) >= 11 is 0. The zero-order valence-electron chi connectivity index (χ0n) is 17.9. The molecule has 5 heterocycles. The molecule has 0 aromatic carbocycles. The summed E-state index contributed by atoms with van der Waals surface area (Å²) in [5, 5.41) is 12.7. The van der Waals surface area contributed by atoms with Crippen LogP contribution in [0.2, 0.25) is 0 Å². The molecular formula is C22H23N9O. The first-order valence-corrected chi connectivity index (χ1v) is 10.4. The van der Waals surface area contributed by atoms with Gasteiger partial charge in [0.25, 0.3) is 5.91 Å². The van der Waals surface area contributed by atoms with Crippen LogP contribution in [0, 0.1) is 0 Å². The van der Waals surface area contributed by atoms with Gasteiger partial charge in [-0.1, -0.05) is 5.21 Å². The lowest BCUT2D eigenvalue weighted by Gasteiger charge is -2.33. The molecule has 0 radical (unpaired) electrons. The van der Waals surface area contributed by atoms with Gasteiger partial charge < -0.3 is 15.1 Å². The molecule has 1 N–H and O–H groups in total. The second-order valence-electron chi connectivity index (χ2n) is 7.91. The van der Waals surface area contributed by atoms with Gasteiger partial charge in [-0.05, 0) is 36.7 Å². The van der Waals surface area contributed by atoms with Gasteiger partial charge in [0.05, 0.1) is 17.5 Å². The summed E-state index contributed by atoms with van der Waals surface area (Å²) in [6, 6.07) is 7.42. The van der Waals surface area contributed by atoms with Crippen LogP contribution in [-0.4, -0.2) is 74.0 Å². The zero-order valence-corrected chi connectivity index (χ0v) is 17.9. The molecule has 162 valence electrons. The maximum Gasteiger partial charge on any atom is 0.258 e. The molecule has 1 saturated heterocycles. The first-order valence-electron chi connectivity index (χ1n) is 10.4. The highest BCUT2D eigenvalue weighted by molar-refractivity contribution is 6.04. The van der Waals surface area contributed by atoms with Crippen molar-refractivity contribution in [3.05, 3.63) is 54.6 Å². The number of carbonyl (C=O) groups is 1. The maximum atomic E-state index is 12.7. The van der Waals surface area contributed by atoms with E-state index in [4.69, 9.17) is 0 Å². The Morgan fingerprint density at radius 1 is 0.906 bits per heavy atom. The Bertz CT molecular complexity index is 1260. The summed E-state index contributed by atoms with van der Waals surface area (Å²) in [6.07, 6.45) is 6.84. The second-order valence-corrected chi connectivity index (χ2v) is 7.91. The van der Waals surface area contributed by atoms with E-state index in [9.17, 15) is 4.79 Å². The number of aryl methyl sites for hydroxylation is 1. The largest absolute Gasteiger partial charge is 0.354 e. The number of hydrogen-bond acceptors (Lipinski definition) is 8. The van der Waals surface area contributed by atoms with E-state index in [2.05, 4.69) is 47.4 Å². The van der Waals surface area contributed by atoms with Crippen LogP contribution in [0.1, 0.15) is 10.4 Å². The number of nitrogens with zero attached hydrogens (tertiary/aromatic N) is 8. The lowest BCUT2D eigenvalue weighted by Crippen LogP contribution is -2.44. The summed E-state index contributed by atoms with van der Waals surface area (Å²) in [7, 11) is 3.92. The van der Waals surface area contributed by atoms with Crippen molar-refractivity contribution in [1.82, 2.24) is 34.8 Å². The Morgan fingerprint density at radius 3 is 2.44 bits per heavy atom. The molecule has 0 saturated carbocycles. The second kappa shape index (κ2) is 8.31. The number of anilines is 2. The number of fused-ring (bicyclic) bond motifs is 1. The van der Waals surface area contributed by atoms with Gasteiger partial charge in [0.1, 0.15) is 17.3 Å². The number of rotatable bonds is 4. The molecular weight excluding hydrogens is 406 g/mol. The van der Waals surface area contributed by atoms with E-state index in [-0.39, 0.29) is 5.91 Å². The van der Waals surface area contributed by atoms with Crippen LogP contribution in [0.5, 0.6) is 0 Å². The molecule has 1 aliphatic heterocycles. The molecule has 32 heavy (non-hydrogen) atoms. The van der Waals surface area contributed by atoms with Crippen molar-refractivity contribution in [2.45, 2.75) is 0 Å². The average Bonchev–Trinajstić information content (AvgIpc) is 3.25. The van der Waals surface area contributed by atoms with Gasteiger partial charge in [-0.3, -0.25) is 14.5 Å². The van der Waals surface area contributed by atoms with Crippen molar-refractivity contribution in [2.75, 3.05) is 43.4 Å². The predicted molar refractivity (Wildman–Crippen MR) is 121 cm³/mol. The van der Waals surface area contributed by atoms with E-state index in [0.29, 0.717) is 22.8 Å². The Kier molecular flexibility index (Phi) is 5.20. The third-order valence-corrected chi connectivity index (χ3v) is 5.55. The minimum atomic E-state index is -0.252. The highest BCUT2D eigenvalue weighted by Crippen LogP contribution is 2.22. The van der Waals surface area contributed by atoms with Crippen LogP contribution >= 0.6 is 0 Å². The van der Waals surface area contributed by atoms with E-state index in [1.807, 2.05) is 25.2 Å². The molecule has 0 bridgehead atoms. The number of nitrogens with one attached hydrogen (secondary N) is 1. The van der Waals surface area contributed by atoms with Gasteiger partial charge in [0, 0.05) is 57.2 Å². The van der Waals surface area contributed by atoms with Crippen molar-refractivity contribution in [1.29, 1.82) is 0 Å². The molecule has 1 aliphatic rings. The van der Waals surface area contributed by atoms with Crippen LogP contribution < -0.4 is 10.2 Å². The Hall–Kier alpha value is -3.92. The molecule has 0 unspecified atom stereocenters. The number of carbonyl (C=O) groups excluding carboxylic acids is 1. The monoisotopic (exact) mass is 429 g/mol. The zero-order chi connectivity index (χ0) is 22.1. The number of amides is 1. The molecule has 1 amide bonds. The quantitative estimate of drug-likeness (QED) is 0.524. The summed E-state index contributed by atoms with van der Waals surface area (Å²) in [5.41, 5.74) is 1.88. The number of hydrogen-bond donors (Lipinski definition) is 1. The highest BCUT2D eigenvalue weighted by atomic mass is 16.1. The summed E-state index contributed by atoms with van der Waals surface area (Å²) < 4.78 is 1.63. The van der Waals surface area contributed by atoms with Gasteiger partial charge in [-0.2, -0.15) is 0 Å². The predicted octanol–water partition coefficient (Wildman–Crippen LogP) is 1.82. The van der Waals surface area contributed by atoms with Gasteiger partial charge >= 0.3 is 0 Å². The first-order chi connectivity index (χ1) is 15.5. The van der Waals surface area contributed by atoms with Gasteiger partial charge in [0.15, 0.2) is 0 Å². The van der Waals surface area contributed by atoms with E-state index >= 15 is 0 Å². The van der Waals surface area contributed by atoms with E-state index in [1.165, 1.54) is 0 Å². The third kappa shape index (κ3) is 4.12. The Labute approximate surface area is 184 Å². The molecule has 0 aliphatic carbocycles. The summed E-state index contributed by atoms with van der Waals surface area (Å²) in [6.45, 7) is 3.88. The highest BCUT2D eigenvalue weighted by Gasteiger charge is 2.16. The standard InChI is InChI=1S/C22H23N9O/c1-29-5-7-31(8-6-29)21-4-3-15(11-25-21)22(32)26-20-10-16-9-18(19-14-30(2)28-27-19)23-12-17(16)13-24-20/h3-4,9-14H,5-8H2,1-2H3,(H,24,26,32). The van der Waals surface area contributed by atoms with Crippen LogP contribution in [0.3, 0.4) is 0 Å². The Balaban J connectivity index is 1.31. The Morgan fingerprint density at radius 2 is 1.72 bits per heavy atom. The van der Waals surface area contributed by atoms with Gasteiger partial charge in [0.2, 0.25) is 0 Å². The average molecular weight is 429 g/mol. The van der Waals surface area contributed by atoms with Crippen LogP contribution in [0.15, 0.2) is 49.1 Å². The summed E-state index contributed by atoms with van der Waals surface area (Å²) in [4.78, 5) is 30.5. The van der Waals surface area contributed by atoms with Crippen molar-refractivity contribution in [2.24, 2.45) is 7.05 Å². The smallest absolute Gasteiger partial charge is 0.258 e. The molecule has 10 heteroatoms. The minimum absolute atomic E-state index is 0.252. The first kappa shape index (κ1) is 20.0. The third-order valence-electron chi connectivity index (χ3n) is 5.55. The maximum absolute atomic E-state index is 12.7. The van der Waals surface area contributed by atoms with Crippen LogP contribution in [0.25, 0.3) is 22.2 Å². The van der Waals surface area contributed by atoms with Crippen molar-refractivity contribution in [3.63, 3.8) is 0 Å². The van der Waals surface area contributed by atoms with E-state index in [0.717, 1.165) is 42.8 Å². The van der Waals surface area contributed by atoms with Crippen molar-refractivity contribution < 1.29 is 4.79 Å². The SMILES string of the molecule is CN1CCN(c2ccc(C(=O)Nc3cc4cc(-c5cn(C)nn5)ncc4cn3)cn2)CC1. The molecule has 1 fully saturated rings. The van der Waals surface area contributed by atoms with Crippen LogP contribution in [0.4, 0.5) is 11.6 Å².